The molecular weight excluding hydrogens is 961 g/mol. The van der Waals surface area contributed by atoms with Crippen molar-refractivity contribution in [3.63, 3.8) is 0 Å². The van der Waals surface area contributed by atoms with Crippen molar-refractivity contribution in [2.75, 3.05) is 25.6 Å². The Balaban J connectivity index is 1.87. The van der Waals surface area contributed by atoms with E-state index in [1.807, 2.05) is 12.2 Å². The molecule has 402 valence electrons. The molecule has 1 aromatic heterocycles. The first-order valence-corrected chi connectivity index (χ1v) is 27.9. The first kappa shape index (κ1) is 63.3. The molecule has 1 fully saturated rings. The van der Waals surface area contributed by atoms with Gasteiger partial charge in [0.1, 0.15) is 30.7 Å². The molecule has 1 aliphatic heterocycles. The van der Waals surface area contributed by atoms with E-state index in [9.17, 15) is 48.6 Å². The van der Waals surface area contributed by atoms with E-state index < -0.39 is 89.8 Å². The Morgan fingerprint density at radius 3 is 2.03 bits per heavy atom. The minimum absolute atomic E-state index is 0.0874. The highest BCUT2D eigenvalue weighted by Crippen LogP contribution is 2.60. The van der Waals surface area contributed by atoms with E-state index in [-0.39, 0.29) is 31.5 Å². The molecule has 1 aromatic rings. The SMILES string of the molecule is CC/C=C\C/C=C\C/C=C\C/C=C\C=C/C(O)C/C=C\CCC(=O)O[C@H](COC(=O)CCCCCCCCCCCCC(C)C)COP(=O)(O)OP(=O)(O)OC[C@H]1O[C@@H](n2ccc(N)nc2=O)[C@H](O)[C@@H]1O. The molecule has 2 heterocycles. The number of aromatic nitrogens is 2. The summed E-state index contributed by atoms with van der Waals surface area (Å²) in [7, 11) is -10.9. The van der Waals surface area contributed by atoms with Gasteiger partial charge in [0.25, 0.3) is 0 Å². The summed E-state index contributed by atoms with van der Waals surface area (Å²) in [6, 6.07) is 1.24. The van der Waals surface area contributed by atoms with Crippen LogP contribution in [0.4, 0.5) is 5.82 Å². The predicted octanol–water partition coefficient (Wildman–Crippen LogP) is 8.94. The Labute approximate surface area is 419 Å². The molecule has 1 saturated heterocycles. The normalized spacial score (nSPS) is 20.3. The molecule has 0 spiro atoms. The van der Waals surface area contributed by atoms with Crippen molar-refractivity contribution < 1.29 is 71.4 Å². The van der Waals surface area contributed by atoms with Gasteiger partial charge < -0.3 is 45.1 Å². The number of phosphoric ester groups is 2. The Morgan fingerprint density at radius 1 is 0.789 bits per heavy atom. The summed E-state index contributed by atoms with van der Waals surface area (Å²) in [5, 5.41) is 31.2. The fourth-order valence-electron chi connectivity index (χ4n) is 6.96. The van der Waals surface area contributed by atoms with Crippen molar-refractivity contribution in [3.8, 4) is 0 Å². The summed E-state index contributed by atoms with van der Waals surface area (Å²) >= 11 is 0. The molecule has 1 aliphatic rings. The minimum Gasteiger partial charge on any atom is -0.462 e. The second-order valence-electron chi connectivity index (χ2n) is 17.6. The van der Waals surface area contributed by atoms with Gasteiger partial charge in [-0.15, -0.1) is 0 Å². The number of unbranched alkanes of at least 4 members (excludes halogenated alkanes) is 9. The highest BCUT2D eigenvalue weighted by Gasteiger charge is 2.46. The van der Waals surface area contributed by atoms with Gasteiger partial charge >= 0.3 is 33.3 Å². The van der Waals surface area contributed by atoms with Gasteiger partial charge in [0, 0.05) is 19.0 Å². The third kappa shape index (κ3) is 30.7. The first-order chi connectivity index (χ1) is 33.9. The number of nitrogens with two attached hydrogens (primary N) is 1. The van der Waals surface area contributed by atoms with Gasteiger partial charge in [-0.3, -0.25) is 23.2 Å². The summed E-state index contributed by atoms with van der Waals surface area (Å²) in [5.41, 5.74) is 4.57. The van der Waals surface area contributed by atoms with Gasteiger partial charge in [-0.2, -0.15) is 9.29 Å². The fourth-order valence-corrected chi connectivity index (χ4v) is 9.07. The van der Waals surface area contributed by atoms with Crippen LogP contribution in [0.3, 0.4) is 0 Å². The molecule has 3 unspecified atom stereocenters. The lowest BCUT2D eigenvalue weighted by molar-refractivity contribution is -0.161. The highest BCUT2D eigenvalue weighted by atomic mass is 31.3. The maximum atomic E-state index is 12.8. The quantitative estimate of drug-likeness (QED) is 0.0118. The maximum absolute atomic E-state index is 12.8. The number of carbonyl (C=O) groups excluding carboxylic acids is 2. The van der Waals surface area contributed by atoms with Gasteiger partial charge in [-0.25, -0.2) is 13.9 Å². The smallest absolute Gasteiger partial charge is 0.462 e. The van der Waals surface area contributed by atoms with Crippen LogP contribution >= 0.6 is 15.6 Å². The van der Waals surface area contributed by atoms with Crippen LogP contribution in [0.2, 0.25) is 0 Å². The molecule has 8 atom stereocenters. The standard InChI is InChI=1S/C50H81N3O16P2/c1-4-5-6-7-8-9-10-11-12-16-19-22-26-31-41(54)32-27-24-29-34-46(56)67-42(37-64-45(55)33-28-23-20-17-14-13-15-18-21-25-30-40(2)3)38-65-70(60,61)69-71(62,63)66-39-43-47(57)48(58)49(68-43)53-36-35-44(51)52-50(53)59/h5-6,8-9,11-12,19,22,24,26-27,31,35-36,40-43,47-49,54,57-58H,4,7,10,13-18,20-21,23,25,28-30,32-34,37-39H2,1-3H3,(H,60,61)(H,62,63)(H2,51,52,59)/b6-5-,9-8-,12-11-,22-19-,27-24-,31-26-/t41?,42-,43-,47-,48-,49-/m1/s1. The number of aliphatic hydroxyl groups is 3. The van der Waals surface area contributed by atoms with Crippen molar-refractivity contribution in [3.05, 3.63) is 95.7 Å². The number of esters is 2. The number of aliphatic hydroxyl groups excluding tert-OH is 3. The van der Waals surface area contributed by atoms with Crippen molar-refractivity contribution in [2.45, 2.75) is 180 Å². The van der Waals surface area contributed by atoms with Gasteiger partial charge in [-0.05, 0) is 56.9 Å². The van der Waals surface area contributed by atoms with E-state index in [2.05, 4.69) is 66.5 Å². The topological polar surface area (TPSA) is 286 Å². The number of allylic oxidation sites excluding steroid dienone is 10. The Bertz CT molecular complexity index is 2000. The number of phosphoric acid groups is 2. The number of ether oxygens (including phenoxy) is 3. The first-order valence-electron chi connectivity index (χ1n) is 24.9. The van der Waals surface area contributed by atoms with Crippen LogP contribution in [0, 0.1) is 5.92 Å². The molecule has 0 aliphatic carbocycles. The summed E-state index contributed by atoms with van der Waals surface area (Å²) in [6.07, 6.45) is 31.8. The Hall–Kier alpha value is -3.84. The predicted molar refractivity (Wildman–Crippen MR) is 271 cm³/mol. The minimum atomic E-state index is -5.47. The number of hydrogen-bond acceptors (Lipinski definition) is 16. The molecule has 7 N–H and O–H groups in total. The van der Waals surface area contributed by atoms with Crippen molar-refractivity contribution in [1.29, 1.82) is 0 Å². The molecule has 0 saturated carbocycles. The molecule has 0 bridgehead atoms. The summed E-state index contributed by atoms with van der Waals surface area (Å²) in [5.74, 6) is -0.751. The molecule has 0 amide bonds. The Kier molecular flexibility index (Phi) is 33.0. The fraction of sp³-hybridized carbons (Fsp3) is 0.640. The lowest BCUT2D eigenvalue weighted by Gasteiger charge is -2.21. The zero-order valence-electron chi connectivity index (χ0n) is 41.8. The van der Waals surface area contributed by atoms with Gasteiger partial charge in [0.05, 0.1) is 19.3 Å². The van der Waals surface area contributed by atoms with Gasteiger partial charge in [0.2, 0.25) is 0 Å². The lowest BCUT2D eigenvalue weighted by atomic mass is 10.0. The average Bonchev–Trinajstić information content (AvgIpc) is 3.59. The van der Waals surface area contributed by atoms with E-state index in [0.29, 0.717) is 6.42 Å². The van der Waals surface area contributed by atoms with Crippen LogP contribution in [-0.4, -0.2) is 96.9 Å². The number of nitrogens with zero attached hydrogens (tertiary/aromatic N) is 2. The highest BCUT2D eigenvalue weighted by molar-refractivity contribution is 7.61. The van der Waals surface area contributed by atoms with Crippen molar-refractivity contribution >= 4 is 33.4 Å². The molecule has 71 heavy (non-hydrogen) atoms. The number of nitrogen functional groups attached to an aromatic ring is 1. The van der Waals surface area contributed by atoms with Crippen LogP contribution < -0.4 is 11.4 Å². The number of rotatable bonds is 39. The average molecular weight is 1040 g/mol. The van der Waals surface area contributed by atoms with E-state index in [1.54, 1.807) is 24.3 Å². The van der Waals surface area contributed by atoms with Gasteiger partial charge in [-0.1, -0.05) is 158 Å². The van der Waals surface area contributed by atoms with Crippen LogP contribution in [0.5, 0.6) is 0 Å². The van der Waals surface area contributed by atoms with Crippen LogP contribution in [0.25, 0.3) is 0 Å². The van der Waals surface area contributed by atoms with E-state index in [0.717, 1.165) is 68.0 Å². The summed E-state index contributed by atoms with van der Waals surface area (Å²) in [6.45, 7) is 4.13. The van der Waals surface area contributed by atoms with Crippen molar-refractivity contribution in [1.82, 2.24) is 9.55 Å². The molecule has 19 nitrogen and oxygen atoms in total. The molecule has 0 radical (unpaired) electrons. The third-order valence-corrected chi connectivity index (χ3v) is 13.4. The number of hydrogen-bond donors (Lipinski definition) is 6. The monoisotopic (exact) mass is 1040 g/mol. The largest absolute Gasteiger partial charge is 0.481 e. The number of carbonyl (C=O) groups is 2. The third-order valence-electron chi connectivity index (χ3n) is 10.8. The van der Waals surface area contributed by atoms with Crippen LogP contribution in [-0.2, 0) is 46.3 Å². The second kappa shape index (κ2) is 37.0. The molecule has 2 rings (SSSR count). The summed E-state index contributed by atoms with van der Waals surface area (Å²) < 4.78 is 56.6. The van der Waals surface area contributed by atoms with E-state index in [4.69, 9.17) is 29.0 Å². The second-order valence-corrected chi connectivity index (χ2v) is 20.7. The molecule has 21 heteroatoms. The van der Waals surface area contributed by atoms with E-state index >= 15 is 0 Å². The zero-order valence-corrected chi connectivity index (χ0v) is 43.6. The molecular formula is C50H81N3O16P2. The van der Waals surface area contributed by atoms with Gasteiger partial charge in [0.15, 0.2) is 12.3 Å². The van der Waals surface area contributed by atoms with Crippen LogP contribution in [0.15, 0.2) is 90.0 Å². The summed E-state index contributed by atoms with van der Waals surface area (Å²) in [4.78, 5) is 61.8. The Morgan fingerprint density at radius 2 is 1.39 bits per heavy atom. The van der Waals surface area contributed by atoms with Crippen molar-refractivity contribution in [2.24, 2.45) is 5.92 Å². The molecule has 0 aromatic carbocycles. The van der Waals surface area contributed by atoms with Crippen LogP contribution in [0.1, 0.15) is 149 Å². The zero-order chi connectivity index (χ0) is 52.3. The van der Waals surface area contributed by atoms with E-state index in [1.165, 1.54) is 44.6 Å². The number of anilines is 1. The lowest BCUT2D eigenvalue weighted by Crippen LogP contribution is -2.36. The maximum Gasteiger partial charge on any atom is 0.481 e.